The summed E-state index contributed by atoms with van der Waals surface area (Å²) in [6.07, 6.45) is -0.661. The number of primary amides is 1. The van der Waals surface area contributed by atoms with Crippen molar-refractivity contribution >= 4 is 81.1 Å². The summed E-state index contributed by atoms with van der Waals surface area (Å²) in [7, 11) is 4.15. The largest absolute Gasteiger partial charge is 0.491 e. The molecule has 1 fully saturated rings. The zero-order valence-corrected chi connectivity index (χ0v) is 49.1. The second kappa shape index (κ2) is 26.4. The third-order valence-corrected chi connectivity index (χ3v) is 15.8. The first-order chi connectivity index (χ1) is 41.9. The molecule has 0 spiro atoms. The van der Waals surface area contributed by atoms with Crippen molar-refractivity contribution in [2.45, 2.75) is 32.4 Å². The number of pyridine rings is 2. The van der Waals surface area contributed by atoms with Crippen LogP contribution in [0, 0.1) is 0 Å². The molecule has 8 aromatic heterocycles. The van der Waals surface area contributed by atoms with Gasteiger partial charge in [-0.05, 0) is 66.7 Å². The summed E-state index contributed by atoms with van der Waals surface area (Å²) in [5.41, 5.74) is 4.89. The molecular weight excluding hydrogens is 1220 g/mol. The van der Waals surface area contributed by atoms with Gasteiger partial charge in [-0.2, -0.15) is 32.7 Å². The fraction of sp³-hybridized carbons (Fsp3) is 0.211. The number of hydrogen-bond donors (Lipinski definition) is 3. The van der Waals surface area contributed by atoms with Gasteiger partial charge in [0.25, 0.3) is 22.9 Å². The van der Waals surface area contributed by atoms with Crippen LogP contribution in [0.1, 0.15) is 57.8 Å². The predicted octanol–water partition coefficient (Wildman–Crippen LogP) is 9.51. The summed E-state index contributed by atoms with van der Waals surface area (Å²) in [6.45, 7) is 2.85. The number of nitrogens with two attached hydrogens (primary N) is 1. The number of ether oxygens (including phenoxy) is 4. The van der Waals surface area contributed by atoms with Crippen LogP contribution in [0.5, 0.6) is 17.4 Å². The second-order valence-electron chi connectivity index (χ2n) is 18.8. The van der Waals surface area contributed by atoms with Gasteiger partial charge in [-0.15, -0.1) is 22.7 Å². The molecule has 23 nitrogen and oxygen atoms in total. The molecule has 450 valence electrons. The average Bonchev–Trinajstić information content (AvgIpc) is 2.71. The van der Waals surface area contributed by atoms with Crippen molar-refractivity contribution in [3.8, 4) is 39.9 Å². The number of aromatic nitrogens is 8. The van der Waals surface area contributed by atoms with Crippen molar-refractivity contribution in [1.82, 2.24) is 38.8 Å². The maximum Gasteiger partial charge on any atom is 0.417 e. The van der Waals surface area contributed by atoms with E-state index in [4.69, 9.17) is 56.8 Å². The Morgan fingerprint density at radius 3 is 1.83 bits per heavy atom. The summed E-state index contributed by atoms with van der Waals surface area (Å²) in [5, 5.41) is 19.3. The highest BCUT2D eigenvalue weighted by atomic mass is 35.5. The number of oxazole rings is 1. The Balaban J connectivity index is 0.000000193. The fourth-order valence-electron chi connectivity index (χ4n) is 9.27. The number of alkyl halides is 3. The Kier molecular flexibility index (Phi) is 18.4. The van der Waals surface area contributed by atoms with Crippen LogP contribution in [0.3, 0.4) is 0 Å². The van der Waals surface area contributed by atoms with Crippen LogP contribution in [0.25, 0.3) is 22.5 Å². The van der Waals surface area contributed by atoms with Crippen LogP contribution < -0.4 is 46.6 Å². The fourth-order valence-corrected chi connectivity index (χ4v) is 11.3. The van der Waals surface area contributed by atoms with Gasteiger partial charge in [0.15, 0.2) is 35.4 Å². The summed E-state index contributed by atoms with van der Waals surface area (Å²) < 4.78 is 80.1. The zero-order valence-electron chi connectivity index (χ0n) is 46.0. The molecule has 30 heteroatoms. The minimum absolute atomic E-state index is 0.0178. The smallest absolute Gasteiger partial charge is 0.417 e. The molecule has 0 radical (unpaired) electrons. The SMILES string of the molecule is COc1c(-c2cc(N3CCOCC3)n(Cc3ccon3)c(=O)c2)nn(C(=O)c2ccc(C(N)=O)cc2)c1NCc1ccc(Cl)s1.COc1c(-c2cc(OC)n(Cc3cnco3)c(=O)c2)nn(C(=O)c2ccccc2C(F)(F)F)c1NCc1ccc(Cl)s1. The lowest BCUT2D eigenvalue weighted by atomic mass is 10.1. The number of nitrogens with zero attached hydrogens (tertiary/aromatic N) is 9. The van der Waals surface area contributed by atoms with Crippen LogP contribution in [0.4, 0.5) is 30.6 Å². The van der Waals surface area contributed by atoms with Gasteiger partial charge in [-0.25, -0.2) is 4.98 Å². The van der Waals surface area contributed by atoms with E-state index in [1.165, 1.54) is 127 Å². The van der Waals surface area contributed by atoms with E-state index in [1.54, 1.807) is 28.8 Å². The molecule has 9 heterocycles. The van der Waals surface area contributed by atoms with E-state index in [-0.39, 0.29) is 82.3 Å². The zero-order chi connectivity index (χ0) is 61.5. The summed E-state index contributed by atoms with van der Waals surface area (Å²) in [5.74, 6) is -0.461. The number of carbonyl (C=O) groups excluding carboxylic acids is 3. The molecule has 0 aliphatic carbocycles. The molecule has 2 aromatic carbocycles. The Hall–Kier alpha value is -9.48. The van der Waals surface area contributed by atoms with Crippen molar-refractivity contribution in [2.24, 2.45) is 5.73 Å². The van der Waals surface area contributed by atoms with Crippen LogP contribution in [0.2, 0.25) is 8.67 Å². The van der Waals surface area contributed by atoms with Crippen molar-refractivity contribution in [1.29, 1.82) is 0 Å². The summed E-state index contributed by atoms with van der Waals surface area (Å²) >= 11 is 14.9. The molecule has 87 heavy (non-hydrogen) atoms. The van der Waals surface area contributed by atoms with Gasteiger partial charge in [0.2, 0.25) is 5.91 Å². The Morgan fingerprint density at radius 2 is 1.30 bits per heavy atom. The van der Waals surface area contributed by atoms with Gasteiger partial charge < -0.3 is 49.2 Å². The topological polar surface area (TPSA) is 273 Å². The normalized spacial score (nSPS) is 12.3. The molecule has 11 rings (SSSR count). The maximum absolute atomic E-state index is 13.9. The molecule has 10 aromatic rings. The van der Waals surface area contributed by atoms with E-state index in [0.717, 1.165) is 26.6 Å². The molecule has 1 aliphatic rings. The van der Waals surface area contributed by atoms with E-state index in [2.05, 4.69) is 35.9 Å². The lowest BCUT2D eigenvalue weighted by molar-refractivity contribution is -0.137. The van der Waals surface area contributed by atoms with Gasteiger partial charge in [-0.3, -0.25) is 33.1 Å². The molecular formula is C57H49Cl2F3N12O11S2. The van der Waals surface area contributed by atoms with Gasteiger partial charge in [-0.1, -0.05) is 40.5 Å². The number of halogens is 5. The Labute approximate surface area is 508 Å². The van der Waals surface area contributed by atoms with Crippen molar-refractivity contribution in [3.05, 3.63) is 195 Å². The van der Waals surface area contributed by atoms with E-state index >= 15 is 0 Å². The molecule has 1 saturated heterocycles. The number of morpholine rings is 1. The maximum atomic E-state index is 13.9. The number of anilines is 3. The number of benzene rings is 2. The monoisotopic (exact) mass is 1270 g/mol. The molecule has 0 bridgehead atoms. The lowest BCUT2D eigenvalue weighted by Crippen LogP contribution is -2.40. The van der Waals surface area contributed by atoms with Crippen LogP contribution in [-0.4, -0.2) is 104 Å². The van der Waals surface area contributed by atoms with Gasteiger partial charge in [0.1, 0.15) is 34.9 Å². The summed E-state index contributed by atoms with van der Waals surface area (Å²) in [4.78, 5) is 73.6. The third-order valence-electron chi connectivity index (χ3n) is 13.4. The highest BCUT2D eigenvalue weighted by molar-refractivity contribution is 7.16. The van der Waals surface area contributed by atoms with E-state index in [0.29, 0.717) is 64.4 Å². The number of hydrogen-bond acceptors (Lipinski definition) is 20. The first kappa shape index (κ1) is 60.6. The standard InChI is InChI=1S/C30H28ClN7O6S.C27H21ClF3N5O5S/c1-42-27-26(20-14-24(36-9-12-43-13-10-36)37(25(39)15-20)17-21-8-11-44-35-21)34-38(29(27)33-16-22-6-7-23(31)45-22)30(41)19-4-2-18(3-5-19)28(32)40;1-39-22-10-15(9-21(37)35(22)13-16-11-32-14-41-16)23-24(40-2)25(33-12-17-7-8-20(28)42-17)36(34-23)26(38)18-5-3-4-6-19(18)27(29,30)31/h2-8,11,14-15,33H,9-10,12-13,16-17H2,1H3,(H2,32,40);3-11,14,33H,12-13H2,1-2H3. The highest BCUT2D eigenvalue weighted by Gasteiger charge is 2.37. The van der Waals surface area contributed by atoms with Gasteiger partial charge >= 0.3 is 6.18 Å². The van der Waals surface area contributed by atoms with E-state index < -0.39 is 40.6 Å². The molecule has 0 atom stereocenters. The highest BCUT2D eigenvalue weighted by Crippen LogP contribution is 2.41. The summed E-state index contributed by atoms with van der Waals surface area (Å²) in [6, 6.07) is 25.2. The lowest BCUT2D eigenvalue weighted by Gasteiger charge is -2.31. The first-order valence-electron chi connectivity index (χ1n) is 26.0. The number of amides is 1. The third kappa shape index (κ3) is 13.5. The number of thiophene rings is 2. The average molecular weight is 1270 g/mol. The van der Waals surface area contributed by atoms with Crippen molar-refractivity contribution < 1.29 is 55.4 Å². The minimum Gasteiger partial charge on any atom is -0.491 e. The second-order valence-corrected chi connectivity index (χ2v) is 22.4. The first-order valence-corrected chi connectivity index (χ1v) is 28.4. The van der Waals surface area contributed by atoms with Crippen LogP contribution in [0.15, 0.2) is 141 Å². The van der Waals surface area contributed by atoms with Crippen LogP contribution >= 0.6 is 45.9 Å². The quantitative estimate of drug-likeness (QED) is 0.0679. The van der Waals surface area contributed by atoms with Crippen molar-refractivity contribution in [2.75, 3.05) is 63.2 Å². The van der Waals surface area contributed by atoms with Gasteiger partial charge in [0, 0.05) is 69.4 Å². The van der Waals surface area contributed by atoms with Gasteiger partial charge in [0.05, 0.1) is 86.7 Å². The molecule has 1 aliphatic heterocycles. The molecule has 4 N–H and O–H groups in total. The Morgan fingerprint density at radius 1 is 0.713 bits per heavy atom. The Bertz CT molecular complexity index is 4230. The number of carbonyl (C=O) groups is 3. The molecule has 0 unspecified atom stereocenters. The van der Waals surface area contributed by atoms with Crippen molar-refractivity contribution in [3.63, 3.8) is 0 Å². The van der Waals surface area contributed by atoms with Crippen LogP contribution in [-0.2, 0) is 37.1 Å². The minimum atomic E-state index is -4.80. The van der Waals surface area contributed by atoms with E-state index in [1.807, 2.05) is 12.1 Å². The molecule has 0 saturated carbocycles. The number of methoxy groups -OCH3 is 3. The predicted molar refractivity (Wildman–Crippen MR) is 317 cm³/mol. The molecule has 1 amide bonds. The number of rotatable bonds is 19. The van der Waals surface area contributed by atoms with E-state index in [9.17, 15) is 37.1 Å². The number of nitrogens with one attached hydrogen (secondary N) is 2.